The van der Waals surface area contributed by atoms with Gasteiger partial charge in [0.1, 0.15) is 10.8 Å². The van der Waals surface area contributed by atoms with Gasteiger partial charge in [-0.15, -0.1) is 0 Å². The summed E-state index contributed by atoms with van der Waals surface area (Å²) in [5, 5.41) is 1.53. The predicted octanol–water partition coefficient (Wildman–Crippen LogP) is 3.68. The van der Waals surface area contributed by atoms with E-state index in [1.807, 2.05) is 0 Å². The molecule has 0 atom stereocenters. The van der Waals surface area contributed by atoms with Crippen LogP contribution in [0.15, 0.2) is 18.3 Å². The van der Waals surface area contributed by atoms with Gasteiger partial charge in [-0.2, -0.15) is 0 Å². The maximum absolute atomic E-state index is 13.4. The average Bonchev–Trinajstić information content (AvgIpc) is 2.47. The zero-order valence-electron chi connectivity index (χ0n) is 9.86. The van der Waals surface area contributed by atoms with E-state index in [0.717, 1.165) is 18.3 Å². The topological polar surface area (TPSA) is 42.0 Å². The van der Waals surface area contributed by atoms with Gasteiger partial charge in [0.2, 0.25) is 5.82 Å². The van der Waals surface area contributed by atoms with Crippen LogP contribution in [0.3, 0.4) is 0 Å². The molecule has 3 nitrogen and oxygen atoms in total. The number of halogens is 6. The molecule has 0 saturated carbocycles. The van der Waals surface area contributed by atoms with Crippen molar-refractivity contribution in [3.63, 3.8) is 0 Å². The summed E-state index contributed by atoms with van der Waals surface area (Å²) in [6, 6.07) is 2.20. The Labute approximate surface area is 119 Å². The molecule has 0 fully saturated rings. The van der Waals surface area contributed by atoms with Crippen LogP contribution in [0, 0.1) is 29.1 Å². The van der Waals surface area contributed by atoms with E-state index in [-0.39, 0.29) is 10.7 Å². The average molecular weight is 323 g/mol. The van der Waals surface area contributed by atoms with Crippen LogP contribution in [-0.2, 0) is 0 Å². The Morgan fingerprint density at radius 3 is 2.05 bits per heavy atom. The number of hydrogen-bond donors (Lipinski definition) is 1. The summed E-state index contributed by atoms with van der Waals surface area (Å²) >= 11 is 5.52. The quantitative estimate of drug-likeness (QED) is 0.396. The first-order chi connectivity index (χ1) is 9.82. The second kappa shape index (κ2) is 5.65. The summed E-state index contributed by atoms with van der Waals surface area (Å²) in [6.45, 7) is 0. The maximum atomic E-state index is 13.4. The Morgan fingerprint density at radius 2 is 1.52 bits per heavy atom. The maximum Gasteiger partial charge on any atom is 0.255 e. The highest BCUT2D eigenvalue weighted by molar-refractivity contribution is 6.29. The number of anilines is 1. The summed E-state index contributed by atoms with van der Waals surface area (Å²) in [5.41, 5.74) is -1.61. The summed E-state index contributed by atoms with van der Waals surface area (Å²) in [4.78, 5) is 15.3. The van der Waals surface area contributed by atoms with Crippen LogP contribution < -0.4 is 5.32 Å². The number of pyridine rings is 1. The highest BCUT2D eigenvalue weighted by Gasteiger charge is 2.27. The summed E-state index contributed by atoms with van der Waals surface area (Å²) < 4.78 is 65.6. The number of hydrogen-bond acceptors (Lipinski definition) is 2. The molecule has 0 spiro atoms. The van der Waals surface area contributed by atoms with Gasteiger partial charge in [0, 0.05) is 11.8 Å². The Balaban J connectivity index is 2.43. The molecule has 0 aliphatic rings. The standard InChI is InChI=1S/C12H4ClF5N2O/c13-5-3-4(1-2-19-5)12(21)20-11-9(17)7(15)6(14)8(16)10(11)18/h1-3H,(H,20,21). The number of carbonyl (C=O) groups is 1. The highest BCUT2D eigenvalue weighted by Crippen LogP contribution is 2.27. The number of carbonyl (C=O) groups excluding carboxylic acids is 1. The van der Waals surface area contributed by atoms with Gasteiger partial charge in [-0.1, -0.05) is 11.6 Å². The normalized spacial score (nSPS) is 10.6. The van der Waals surface area contributed by atoms with Crippen LogP contribution in [0.2, 0.25) is 5.15 Å². The first-order valence-electron chi connectivity index (χ1n) is 5.27. The van der Waals surface area contributed by atoms with Gasteiger partial charge in [-0.05, 0) is 12.1 Å². The molecule has 2 rings (SSSR count). The molecule has 0 bridgehead atoms. The summed E-state index contributed by atoms with van der Waals surface area (Å²) in [5.74, 6) is -12.0. The number of amides is 1. The van der Waals surface area contributed by atoms with E-state index in [0.29, 0.717) is 0 Å². The number of benzene rings is 1. The monoisotopic (exact) mass is 322 g/mol. The van der Waals surface area contributed by atoms with Crippen LogP contribution >= 0.6 is 11.6 Å². The minimum atomic E-state index is -2.31. The van der Waals surface area contributed by atoms with Gasteiger partial charge in [0.25, 0.3) is 5.91 Å². The van der Waals surface area contributed by atoms with Crippen molar-refractivity contribution < 1.29 is 26.7 Å². The van der Waals surface area contributed by atoms with Crippen molar-refractivity contribution in [2.75, 3.05) is 5.32 Å². The largest absolute Gasteiger partial charge is 0.317 e. The molecule has 0 aliphatic carbocycles. The van der Waals surface area contributed by atoms with Crippen molar-refractivity contribution in [2.45, 2.75) is 0 Å². The second-order valence-corrected chi connectivity index (χ2v) is 4.15. The molecule has 2 aromatic rings. The first-order valence-corrected chi connectivity index (χ1v) is 5.65. The molecule has 1 amide bonds. The molecule has 9 heteroatoms. The van der Waals surface area contributed by atoms with Gasteiger partial charge in [0.05, 0.1) is 0 Å². The van der Waals surface area contributed by atoms with Crippen LogP contribution in [0.5, 0.6) is 0 Å². The molecule has 0 radical (unpaired) electrons. The first kappa shape index (κ1) is 15.2. The Hall–Kier alpha value is -2.22. The molecule has 0 aliphatic heterocycles. The summed E-state index contributed by atoms with van der Waals surface area (Å²) in [7, 11) is 0. The molecular formula is C12H4ClF5N2O. The lowest BCUT2D eigenvalue weighted by atomic mass is 10.2. The Kier molecular flexibility index (Phi) is 4.08. The van der Waals surface area contributed by atoms with Crippen LogP contribution in [-0.4, -0.2) is 10.9 Å². The Bertz CT molecular complexity index is 709. The lowest BCUT2D eigenvalue weighted by molar-refractivity contribution is 0.102. The predicted molar refractivity (Wildman–Crippen MR) is 63.4 cm³/mol. The Morgan fingerprint density at radius 1 is 1.00 bits per heavy atom. The van der Waals surface area contributed by atoms with E-state index in [1.54, 1.807) is 5.32 Å². The fraction of sp³-hybridized carbons (Fsp3) is 0. The van der Waals surface area contributed by atoms with E-state index in [9.17, 15) is 26.7 Å². The highest BCUT2D eigenvalue weighted by atomic mass is 35.5. The van der Waals surface area contributed by atoms with Crippen LogP contribution in [0.4, 0.5) is 27.6 Å². The fourth-order valence-corrected chi connectivity index (χ4v) is 1.62. The molecular weight excluding hydrogens is 319 g/mol. The molecule has 0 unspecified atom stereocenters. The van der Waals surface area contributed by atoms with Gasteiger partial charge < -0.3 is 5.32 Å². The van der Waals surface area contributed by atoms with E-state index < -0.39 is 40.7 Å². The number of nitrogens with one attached hydrogen (secondary N) is 1. The molecule has 1 aromatic heterocycles. The van der Waals surface area contributed by atoms with Gasteiger partial charge >= 0.3 is 0 Å². The number of nitrogens with zero attached hydrogens (tertiary/aromatic N) is 1. The molecule has 1 aromatic carbocycles. The van der Waals surface area contributed by atoms with Crippen LogP contribution in [0.1, 0.15) is 10.4 Å². The fourth-order valence-electron chi connectivity index (χ4n) is 1.44. The molecule has 21 heavy (non-hydrogen) atoms. The van der Waals surface area contributed by atoms with E-state index >= 15 is 0 Å². The third-order valence-corrected chi connectivity index (χ3v) is 2.64. The van der Waals surface area contributed by atoms with Crippen molar-refractivity contribution in [3.8, 4) is 0 Å². The summed E-state index contributed by atoms with van der Waals surface area (Å²) in [6.07, 6.45) is 1.13. The third kappa shape index (κ3) is 2.80. The molecule has 0 saturated heterocycles. The zero-order valence-corrected chi connectivity index (χ0v) is 10.6. The van der Waals surface area contributed by atoms with Crippen molar-refractivity contribution in [1.29, 1.82) is 0 Å². The van der Waals surface area contributed by atoms with Crippen molar-refractivity contribution in [3.05, 3.63) is 58.1 Å². The van der Waals surface area contributed by atoms with E-state index in [2.05, 4.69) is 4.98 Å². The SMILES string of the molecule is O=C(Nc1c(F)c(F)c(F)c(F)c1F)c1ccnc(Cl)c1. The van der Waals surface area contributed by atoms with E-state index in [1.165, 1.54) is 0 Å². The van der Waals surface area contributed by atoms with Gasteiger partial charge in [0.15, 0.2) is 23.3 Å². The van der Waals surface area contributed by atoms with Crippen LogP contribution in [0.25, 0.3) is 0 Å². The molecule has 1 heterocycles. The smallest absolute Gasteiger partial charge is 0.255 e. The van der Waals surface area contributed by atoms with Crippen molar-refractivity contribution >= 4 is 23.2 Å². The third-order valence-electron chi connectivity index (χ3n) is 2.44. The number of aromatic nitrogens is 1. The zero-order chi connectivity index (χ0) is 15.7. The molecule has 110 valence electrons. The van der Waals surface area contributed by atoms with Crippen molar-refractivity contribution in [2.24, 2.45) is 0 Å². The minimum Gasteiger partial charge on any atom is -0.317 e. The van der Waals surface area contributed by atoms with Crippen molar-refractivity contribution in [1.82, 2.24) is 4.98 Å². The minimum absolute atomic E-state index is 0.0833. The lowest BCUT2D eigenvalue weighted by Crippen LogP contribution is -2.17. The second-order valence-electron chi connectivity index (χ2n) is 3.77. The number of rotatable bonds is 2. The van der Waals surface area contributed by atoms with E-state index in [4.69, 9.17) is 11.6 Å². The molecule has 1 N–H and O–H groups in total. The van der Waals surface area contributed by atoms with Gasteiger partial charge in [-0.25, -0.2) is 26.9 Å². The lowest BCUT2D eigenvalue weighted by Gasteiger charge is -2.09. The van der Waals surface area contributed by atoms with Gasteiger partial charge in [-0.3, -0.25) is 4.79 Å².